The molecule has 0 bridgehead atoms. The zero-order valence-corrected chi connectivity index (χ0v) is 9.73. The number of aliphatic carboxylic acids is 1. The first kappa shape index (κ1) is 12.5. The average molecular weight is 251 g/mol. The highest BCUT2D eigenvalue weighted by molar-refractivity contribution is 5.86. The molecule has 0 saturated heterocycles. The van der Waals surface area contributed by atoms with E-state index in [4.69, 9.17) is 5.11 Å². The minimum atomic E-state index is -0.938. The maximum Gasteiger partial charge on any atom is 0.307 e. The molecule has 1 aromatic carbocycles. The Kier molecular flexibility index (Phi) is 3.60. The number of carbonyl (C=O) groups is 2. The Hall–Kier alpha value is -1.91. The number of hydrogen-bond acceptors (Lipinski definition) is 2. The summed E-state index contributed by atoms with van der Waals surface area (Å²) >= 11 is 0. The van der Waals surface area contributed by atoms with Gasteiger partial charge in [-0.25, -0.2) is 4.39 Å². The Bertz CT molecular complexity index is 475. The fourth-order valence-corrected chi connectivity index (χ4v) is 2.06. The predicted molar refractivity (Wildman–Crippen MR) is 62.1 cm³/mol. The molecule has 0 heterocycles. The number of nitrogens with one attached hydrogen (secondary N) is 1. The van der Waals surface area contributed by atoms with Crippen molar-refractivity contribution in [1.82, 2.24) is 5.32 Å². The lowest BCUT2D eigenvalue weighted by atomic mass is 9.73. The van der Waals surface area contributed by atoms with E-state index in [9.17, 15) is 14.0 Å². The minimum Gasteiger partial charge on any atom is -0.481 e. The molecule has 1 aromatic rings. The number of benzene rings is 1. The summed E-state index contributed by atoms with van der Waals surface area (Å²) in [6, 6.07) is 6.18. The van der Waals surface area contributed by atoms with Gasteiger partial charge in [-0.05, 0) is 18.9 Å². The summed E-state index contributed by atoms with van der Waals surface area (Å²) in [5.41, 5.74) is 0.400. The molecule has 1 aliphatic carbocycles. The van der Waals surface area contributed by atoms with E-state index in [0.29, 0.717) is 18.4 Å². The highest BCUT2D eigenvalue weighted by atomic mass is 19.1. The van der Waals surface area contributed by atoms with Gasteiger partial charge in [-0.3, -0.25) is 9.59 Å². The smallest absolute Gasteiger partial charge is 0.307 e. The molecule has 1 aliphatic rings. The molecule has 1 fully saturated rings. The van der Waals surface area contributed by atoms with Crippen molar-refractivity contribution in [3.8, 4) is 0 Å². The summed E-state index contributed by atoms with van der Waals surface area (Å²) in [6.45, 7) is 0.0916. The van der Waals surface area contributed by atoms with E-state index in [1.54, 1.807) is 18.2 Å². The lowest BCUT2D eigenvalue weighted by Gasteiger charge is -2.31. The topological polar surface area (TPSA) is 66.4 Å². The number of halogens is 1. The number of amides is 1. The van der Waals surface area contributed by atoms with Crippen molar-refractivity contribution < 1.29 is 19.1 Å². The summed E-state index contributed by atoms with van der Waals surface area (Å²) in [4.78, 5) is 22.5. The van der Waals surface area contributed by atoms with E-state index < -0.39 is 17.8 Å². The highest BCUT2D eigenvalue weighted by Crippen LogP contribution is 2.34. The summed E-state index contributed by atoms with van der Waals surface area (Å²) in [5, 5.41) is 11.4. The van der Waals surface area contributed by atoms with Crippen LogP contribution in [0.1, 0.15) is 18.4 Å². The second kappa shape index (κ2) is 5.16. The minimum absolute atomic E-state index is 0.0916. The molecule has 2 rings (SSSR count). The second-order valence-corrected chi connectivity index (χ2v) is 4.44. The molecule has 2 unspecified atom stereocenters. The fourth-order valence-electron chi connectivity index (χ4n) is 2.06. The third-order valence-electron chi connectivity index (χ3n) is 3.34. The summed E-state index contributed by atoms with van der Waals surface area (Å²) < 4.78 is 13.3. The van der Waals surface area contributed by atoms with Crippen LogP contribution in [0.5, 0.6) is 0 Å². The Labute approximate surface area is 104 Å². The largest absolute Gasteiger partial charge is 0.481 e. The molecular formula is C13H14FNO3. The molecular weight excluding hydrogens is 237 g/mol. The quantitative estimate of drug-likeness (QED) is 0.853. The van der Waals surface area contributed by atoms with Crippen molar-refractivity contribution in [1.29, 1.82) is 0 Å². The Morgan fingerprint density at radius 1 is 1.28 bits per heavy atom. The molecule has 0 aliphatic heterocycles. The van der Waals surface area contributed by atoms with Gasteiger partial charge in [0.1, 0.15) is 5.82 Å². The maximum absolute atomic E-state index is 13.3. The van der Waals surface area contributed by atoms with Crippen LogP contribution in [0.15, 0.2) is 24.3 Å². The molecule has 0 aromatic heterocycles. The first-order chi connectivity index (χ1) is 8.59. The van der Waals surface area contributed by atoms with Crippen LogP contribution in [0.2, 0.25) is 0 Å². The number of hydrogen-bond donors (Lipinski definition) is 2. The van der Waals surface area contributed by atoms with E-state index in [0.717, 1.165) is 0 Å². The van der Waals surface area contributed by atoms with Gasteiger partial charge in [0, 0.05) is 12.1 Å². The Morgan fingerprint density at radius 2 is 1.94 bits per heavy atom. The van der Waals surface area contributed by atoms with Gasteiger partial charge in [0.05, 0.1) is 11.8 Å². The molecule has 2 atom stereocenters. The molecule has 4 nitrogen and oxygen atoms in total. The van der Waals surface area contributed by atoms with E-state index in [2.05, 4.69) is 5.32 Å². The summed E-state index contributed by atoms with van der Waals surface area (Å²) in [5.74, 6) is -2.69. The molecule has 1 amide bonds. The highest BCUT2D eigenvalue weighted by Gasteiger charge is 2.41. The van der Waals surface area contributed by atoms with Gasteiger partial charge in [0.25, 0.3) is 0 Å². The van der Waals surface area contributed by atoms with Crippen LogP contribution in [0, 0.1) is 17.7 Å². The van der Waals surface area contributed by atoms with Gasteiger partial charge in [0.2, 0.25) is 5.91 Å². The van der Waals surface area contributed by atoms with E-state index >= 15 is 0 Å². The zero-order chi connectivity index (χ0) is 13.1. The van der Waals surface area contributed by atoms with Gasteiger partial charge >= 0.3 is 5.97 Å². The van der Waals surface area contributed by atoms with Gasteiger partial charge in [-0.1, -0.05) is 18.2 Å². The molecule has 96 valence electrons. The van der Waals surface area contributed by atoms with Crippen LogP contribution < -0.4 is 5.32 Å². The monoisotopic (exact) mass is 251 g/mol. The number of carboxylic acids is 1. The first-order valence-corrected chi connectivity index (χ1v) is 5.83. The van der Waals surface area contributed by atoms with Crippen LogP contribution >= 0.6 is 0 Å². The average Bonchev–Trinajstić information content (AvgIpc) is 2.25. The lowest BCUT2D eigenvalue weighted by molar-refractivity contribution is -0.152. The van der Waals surface area contributed by atoms with Crippen molar-refractivity contribution in [3.05, 3.63) is 35.6 Å². The van der Waals surface area contributed by atoms with Crippen molar-refractivity contribution >= 4 is 11.9 Å². The fraction of sp³-hybridized carbons (Fsp3) is 0.385. The van der Waals surface area contributed by atoms with Crippen LogP contribution in [-0.2, 0) is 16.1 Å². The van der Waals surface area contributed by atoms with Crippen LogP contribution in [-0.4, -0.2) is 17.0 Å². The standard InChI is InChI=1S/C13H14FNO3/c14-11-4-2-1-3-8(11)7-15-12(16)9-5-6-10(9)13(17)18/h1-4,9-10H,5-7H2,(H,15,16)(H,17,18). The Balaban J connectivity index is 1.89. The number of rotatable bonds is 4. The molecule has 0 radical (unpaired) electrons. The normalized spacial score (nSPS) is 22.1. The van der Waals surface area contributed by atoms with Crippen molar-refractivity contribution in [2.45, 2.75) is 19.4 Å². The lowest BCUT2D eigenvalue weighted by Crippen LogP contribution is -2.43. The van der Waals surface area contributed by atoms with E-state index in [1.807, 2.05) is 0 Å². The zero-order valence-electron chi connectivity index (χ0n) is 9.73. The van der Waals surface area contributed by atoms with Gasteiger partial charge in [-0.2, -0.15) is 0 Å². The third kappa shape index (κ3) is 2.50. The third-order valence-corrected chi connectivity index (χ3v) is 3.34. The van der Waals surface area contributed by atoms with Crippen molar-refractivity contribution in [3.63, 3.8) is 0 Å². The number of carboxylic acid groups (broad SMARTS) is 1. The Morgan fingerprint density at radius 3 is 2.50 bits per heavy atom. The molecule has 0 spiro atoms. The second-order valence-electron chi connectivity index (χ2n) is 4.44. The van der Waals surface area contributed by atoms with E-state index in [1.165, 1.54) is 6.07 Å². The van der Waals surface area contributed by atoms with Crippen LogP contribution in [0.4, 0.5) is 4.39 Å². The predicted octanol–water partition coefficient (Wildman–Crippen LogP) is 1.55. The van der Waals surface area contributed by atoms with Crippen LogP contribution in [0.3, 0.4) is 0 Å². The summed E-state index contributed by atoms with van der Waals surface area (Å²) in [7, 11) is 0. The van der Waals surface area contributed by atoms with E-state index in [-0.39, 0.29) is 18.3 Å². The maximum atomic E-state index is 13.3. The first-order valence-electron chi connectivity index (χ1n) is 5.83. The number of carbonyl (C=O) groups excluding carboxylic acids is 1. The van der Waals surface area contributed by atoms with Gasteiger partial charge < -0.3 is 10.4 Å². The van der Waals surface area contributed by atoms with Crippen molar-refractivity contribution in [2.24, 2.45) is 11.8 Å². The van der Waals surface area contributed by atoms with Crippen molar-refractivity contribution in [2.75, 3.05) is 0 Å². The molecule has 18 heavy (non-hydrogen) atoms. The molecule has 1 saturated carbocycles. The van der Waals surface area contributed by atoms with Gasteiger partial charge in [0.15, 0.2) is 0 Å². The molecule has 2 N–H and O–H groups in total. The SMILES string of the molecule is O=C(O)C1CCC1C(=O)NCc1ccccc1F. The summed E-state index contributed by atoms with van der Waals surface area (Å²) in [6.07, 6.45) is 1.12. The molecule has 5 heteroatoms. The van der Waals surface area contributed by atoms with Crippen LogP contribution in [0.25, 0.3) is 0 Å². The van der Waals surface area contributed by atoms with Gasteiger partial charge in [-0.15, -0.1) is 0 Å².